The van der Waals surface area contributed by atoms with Crippen LogP contribution in [0.1, 0.15) is 188 Å². The van der Waals surface area contributed by atoms with Crippen molar-refractivity contribution in [2.75, 3.05) is 33.3 Å². The molecule has 360 valence electrons. The number of ketones is 3. The van der Waals surface area contributed by atoms with Crippen LogP contribution in [0.5, 0.6) is 0 Å². The third kappa shape index (κ3) is 29.8. The zero-order valence-electron chi connectivity index (χ0n) is 39.3. The van der Waals surface area contributed by atoms with E-state index in [1.54, 1.807) is 0 Å². The summed E-state index contributed by atoms with van der Waals surface area (Å²) in [6.45, 7) is 6.64. The number of hydrogen-bond acceptors (Lipinski definition) is 10. The van der Waals surface area contributed by atoms with Gasteiger partial charge in [-0.2, -0.15) is 0 Å². The maximum Gasteiger partial charge on any atom is 0.225 e. The Morgan fingerprint density at radius 1 is 0.565 bits per heavy atom. The quantitative estimate of drug-likeness (QED) is 0.0223. The standard InChI is InChI=1S/C47H90N8O7/c1-5-6-7-8-9-10-11-12-13-14-15-16-17-24-39(57)31-36(23-18-20-27-48)45(61)54-40(25-19-21-28-49)42(58)32-37(30-35(2)3)46(62)55-41(26-22-29-53-47(50)51)43(59)33-38(34-56)44(60)52-4/h35-38,40-41,56H,5-34,48-49H2,1-4H3,(H,52,60)(H,54,61)(H,55,62)(H4,50,51,53)/t36-,37-,38+,40+,41+/m1/s1. The molecule has 62 heavy (non-hydrogen) atoms. The lowest BCUT2D eigenvalue weighted by molar-refractivity contribution is -0.136. The lowest BCUT2D eigenvalue weighted by Gasteiger charge is -2.26. The van der Waals surface area contributed by atoms with E-state index in [0.29, 0.717) is 70.9 Å². The number of rotatable bonds is 42. The first-order chi connectivity index (χ1) is 29.7. The van der Waals surface area contributed by atoms with Crippen molar-refractivity contribution in [2.24, 2.45) is 51.6 Å². The van der Waals surface area contributed by atoms with Crippen LogP contribution in [0.4, 0.5) is 0 Å². The predicted molar refractivity (Wildman–Crippen MR) is 250 cm³/mol. The molecule has 5 atom stereocenters. The Hall–Kier alpha value is -3.43. The number of aliphatic hydroxyl groups is 1. The molecule has 3 amide bonds. The minimum Gasteiger partial charge on any atom is -0.396 e. The van der Waals surface area contributed by atoms with Crippen LogP contribution in [-0.2, 0) is 28.8 Å². The molecule has 0 aromatic heterocycles. The fourth-order valence-electron chi connectivity index (χ4n) is 7.85. The zero-order valence-corrected chi connectivity index (χ0v) is 39.3. The lowest BCUT2D eigenvalue weighted by Crippen LogP contribution is -2.48. The summed E-state index contributed by atoms with van der Waals surface area (Å²) in [5, 5.41) is 18.0. The molecule has 0 aromatic rings. The van der Waals surface area contributed by atoms with Crippen molar-refractivity contribution in [3.05, 3.63) is 0 Å². The van der Waals surface area contributed by atoms with Gasteiger partial charge in [-0.1, -0.05) is 104 Å². The van der Waals surface area contributed by atoms with Crippen molar-refractivity contribution in [3.8, 4) is 0 Å². The summed E-state index contributed by atoms with van der Waals surface area (Å²) in [7, 11) is 1.41. The van der Waals surface area contributed by atoms with Gasteiger partial charge in [-0.3, -0.25) is 33.8 Å². The Morgan fingerprint density at radius 3 is 1.50 bits per heavy atom. The SMILES string of the molecule is CCCCCCCCCCCCCCCC(=O)C[C@@H](CCCCN)C(=O)N[C@@H](CCCCN)C(=O)C[C@@H](CC(C)C)C(=O)N[C@@H](CCCN=C(N)N)C(=O)C[C@@H](CO)C(=O)NC. The van der Waals surface area contributed by atoms with Crippen LogP contribution in [0.25, 0.3) is 0 Å². The smallest absolute Gasteiger partial charge is 0.225 e. The third-order valence-electron chi connectivity index (χ3n) is 11.6. The van der Waals surface area contributed by atoms with Crippen LogP contribution >= 0.6 is 0 Å². The molecule has 15 heteroatoms. The van der Waals surface area contributed by atoms with Crippen LogP contribution in [0.3, 0.4) is 0 Å². The monoisotopic (exact) mass is 879 g/mol. The fraction of sp³-hybridized carbons (Fsp3) is 0.851. The van der Waals surface area contributed by atoms with Gasteiger partial charge in [-0.25, -0.2) is 0 Å². The molecule has 0 bridgehead atoms. The number of guanidine groups is 1. The van der Waals surface area contributed by atoms with E-state index in [0.717, 1.165) is 19.3 Å². The molecule has 0 aromatic carbocycles. The van der Waals surface area contributed by atoms with Gasteiger partial charge < -0.3 is 44.0 Å². The largest absolute Gasteiger partial charge is 0.396 e. The number of amides is 3. The molecule has 0 radical (unpaired) electrons. The van der Waals surface area contributed by atoms with E-state index in [1.807, 2.05) is 13.8 Å². The molecule has 0 saturated heterocycles. The van der Waals surface area contributed by atoms with Crippen molar-refractivity contribution in [1.82, 2.24) is 16.0 Å². The molecular weight excluding hydrogens is 789 g/mol. The lowest BCUT2D eigenvalue weighted by atomic mass is 9.87. The van der Waals surface area contributed by atoms with E-state index in [-0.39, 0.29) is 61.6 Å². The van der Waals surface area contributed by atoms with Crippen molar-refractivity contribution in [1.29, 1.82) is 0 Å². The molecule has 0 aliphatic carbocycles. The average molecular weight is 879 g/mol. The van der Waals surface area contributed by atoms with E-state index in [2.05, 4.69) is 27.9 Å². The second-order valence-electron chi connectivity index (χ2n) is 17.7. The molecular formula is C47H90N8O7. The van der Waals surface area contributed by atoms with Crippen LogP contribution in [0, 0.1) is 23.7 Å². The van der Waals surface area contributed by atoms with Gasteiger partial charge in [0, 0.05) is 51.1 Å². The maximum absolute atomic E-state index is 14.1. The molecule has 0 fully saturated rings. The van der Waals surface area contributed by atoms with Gasteiger partial charge in [0.25, 0.3) is 0 Å². The summed E-state index contributed by atoms with van der Waals surface area (Å²) in [5.41, 5.74) is 22.5. The molecule has 0 rings (SSSR count). The van der Waals surface area contributed by atoms with E-state index in [9.17, 15) is 33.9 Å². The van der Waals surface area contributed by atoms with E-state index in [1.165, 1.54) is 71.3 Å². The van der Waals surface area contributed by atoms with Gasteiger partial charge in [0.15, 0.2) is 17.5 Å². The normalized spacial score (nSPS) is 13.7. The highest BCUT2D eigenvalue weighted by atomic mass is 16.3. The Morgan fingerprint density at radius 2 is 1.03 bits per heavy atom. The number of aliphatic imine (C=N–C) groups is 1. The molecule has 0 unspecified atom stereocenters. The van der Waals surface area contributed by atoms with E-state index < -0.39 is 54.0 Å². The highest BCUT2D eigenvalue weighted by molar-refractivity contribution is 5.96. The summed E-state index contributed by atoms with van der Waals surface area (Å²) in [5.74, 6) is -4.58. The summed E-state index contributed by atoms with van der Waals surface area (Å²) in [6, 6.07) is -1.91. The number of carbonyl (C=O) groups is 6. The van der Waals surface area contributed by atoms with Crippen molar-refractivity contribution in [2.45, 2.75) is 200 Å². The summed E-state index contributed by atoms with van der Waals surface area (Å²) in [4.78, 5) is 85.0. The molecule has 15 nitrogen and oxygen atoms in total. The first-order valence-corrected chi connectivity index (χ1v) is 24.2. The number of hydrogen-bond donors (Lipinski definition) is 8. The zero-order chi connectivity index (χ0) is 46.5. The first kappa shape index (κ1) is 58.6. The van der Waals surface area contributed by atoms with Gasteiger partial charge in [0.05, 0.1) is 24.6 Å². The second-order valence-corrected chi connectivity index (χ2v) is 17.7. The number of nitrogens with one attached hydrogen (secondary N) is 3. The van der Waals surface area contributed by atoms with Crippen molar-refractivity contribution in [3.63, 3.8) is 0 Å². The number of nitrogens with zero attached hydrogens (tertiary/aromatic N) is 1. The topological polar surface area (TPSA) is 275 Å². The minimum absolute atomic E-state index is 0.0136. The molecule has 0 aliphatic rings. The second kappa shape index (κ2) is 38.1. The van der Waals surface area contributed by atoms with E-state index >= 15 is 0 Å². The molecule has 0 aliphatic heterocycles. The van der Waals surface area contributed by atoms with Crippen LogP contribution in [0.15, 0.2) is 4.99 Å². The van der Waals surface area contributed by atoms with Gasteiger partial charge in [-0.15, -0.1) is 0 Å². The summed E-state index contributed by atoms with van der Waals surface area (Å²) >= 11 is 0. The average Bonchev–Trinajstić information content (AvgIpc) is 3.23. The Bertz CT molecular complexity index is 1280. The fourth-order valence-corrected chi connectivity index (χ4v) is 7.85. The molecule has 0 heterocycles. The van der Waals surface area contributed by atoms with Gasteiger partial charge in [0.1, 0.15) is 5.78 Å². The molecule has 0 saturated carbocycles. The van der Waals surface area contributed by atoms with Gasteiger partial charge in [-0.05, 0) is 76.8 Å². The van der Waals surface area contributed by atoms with Gasteiger partial charge in [0.2, 0.25) is 17.7 Å². The predicted octanol–water partition coefficient (Wildman–Crippen LogP) is 5.26. The Balaban J connectivity index is 5.77. The van der Waals surface area contributed by atoms with Crippen molar-refractivity contribution < 1.29 is 33.9 Å². The molecule has 12 N–H and O–H groups in total. The van der Waals surface area contributed by atoms with E-state index in [4.69, 9.17) is 22.9 Å². The van der Waals surface area contributed by atoms with Gasteiger partial charge >= 0.3 is 0 Å². The van der Waals surface area contributed by atoms with Crippen LogP contribution < -0.4 is 38.9 Å². The Kier molecular flexibility index (Phi) is 36.0. The number of nitrogens with two attached hydrogens (primary N) is 4. The first-order valence-electron chi connectivity index (χ1n) is 24.2. The molecule has 0 spiro atoms. The highest BCUT2D eigenvalue weighted by Crippen LogP contribution is 2.22. The highest BCUT2D eigenvalue weighted by Gasteiger charge is 2.33. The van der Waals surface area contributed by atoms with Crippen molar-refractivity contribution >= 4 is 41.0 Å². The number of unbranched alkanes of at least 4 members (excludes halogenated alkanes) is 14. The summed E-state index contributed by atoms with van der Waals surface area (Å²) < 4.78 is 0. The van der Waals surface area contributed by atoms with Crippen LogP contribution in [0.2, 0.25) is 0 Å². The maximum atomic E-state index is 14.1. The number of carbonyl (C=O) groups excluding carboxylic acids is 6. The van der Waals surface area contributed by atoms with Crippen LogP contribution in [-0.4, -0.2) is 91.5 Å². The number of Topliss-reactive ketones (excluding diaryl/α,β-unsaturated/α-hetero) is 3. The summed E-state index contributed by atoms with van der Waals surface area (Å²) in [6.07, 6.45) is 20.1. The minimum atomic E-state index is -1.02. The third-order valence-corrected chi connectivity index (χ3v) is 11.6. The Labute approximate surface area is 374 Å². The number of aliphatic hydroxyl groups excluding tert-OH is 1.